The first-order valence-corrected chi connectivity index (χ1v) is 9.93. The monoisotopic (exact) mass is 362 g/mol. The van der Waals surface area contributed by atoms with Gasteiger partial charge in [-0.05, 0) is 13.3 Å². The normalized spacial score (nSPS) is 24.9. The van der Waals surface area contributed by atoms with Crippen molar-refractivity contribution >= 4 is 39.4 Å². The minimum absolute atomic E-state index is 0.0600. The Morgan fingerprint density at radius 1 is 1.48 bits per heavy atom. The van der Waals surface area contributed by atoms with Crippen LogP contribution in [-0.4, -0.2) is 67.6 Å². The third kappa shape index (κ3) is 4.96. The molecule has 2 fully saturated rings. The van der Waals surface area contributed by atoms with Gasteiger partial charge in [0.25, 0.3) is 0 Å². The second-order valence-electron chi connectivity index (χ2n) is 5.17. The SMILES string of the molecule is CCOC(=O)/C=C1/SCC(=O)N1CC(=O)NC1CCS(=O)(=O)C1. The van der Waals surface area contributed by atoms with Gasteiger partial charge in [-0.1, -0.05) is 11.8 Å². The standard InChI is InChI=1S/C13H18N2O6S2/c1-2-21-13(18)5-12-15(11(17)7-22-12)6-10(16)14-9-3-4-23(19,20)8-9/h5,9H,2-4,6-8H2,1H3,(H,14,16)/b12-5+. The van der Waals surface area contributed by atoms with Gasteiger partial charge in [-0.3, -0.25) is 14.5 Å². The summed E-state index contributed by atoms with van der Waals surface area (Å²) in [5.74, 6) is -1.16. The molecule has 2 saturated heterocycles. The van der Waals surface area contributed by atoms with Crippen molar-refractivity contribution in [3.63, 3.8) is 0 Å². The molecule has 0 aromatic carbocycles. The molecule has 23 heavy (non-hydrogen) atoms. The Kier molecular flexibility index (Phi) is 5.69. The number of esters is 1. The number of nitrogens with zero attached hydrogens (tertiary/aromatic N) is 1. The minimum atomic E-state index is -3.08. The molecule has 1 atom stereocenters. The summed E-state index contributed by atoms with van der Waals surface area (Å²) in [4.78, 5) is 36.5. The predicted molar refractivity (Wildman–Crippen MR) is 84.1 cm³/mol. The zero-order valence-electron chi connectivity index (χ0n) is 12.6. The predicted octanol–water partition coefficient (Wildman–Crippen LogP) is -0.730. The Bertz CT molecular complexity index is 643. The van der Waals surface area contributed by atoms with Gasteiger partial charge in [-0.25, -0.2) is 13.2 Å². The first-order valence-electron chi connectivity index (χ1n) is 7.12. The zero-order valence-corrected chi connectivity index (χ0v) is 14.2. The molecule has 0 spiro atoms. The number of hydrogen-bond acceptors (Lipinski definition) is 7. The lowest BCUT2D eigenvalue weighted by molar-refractivity contribution is -0.137. The Balaban J connectivity index is 1.95. The van der Waals surface area contributed by atoms with Crippen molar-refractivity contribution in [2.45, 2.75) is 19.4 Å². The van der Waals surface area contributed by atoms with Gasteiger partial charge in [-0.15, -0.1) is 0 Å². The zero-order chi connectivity index (χ0) is 17.0. The molecule has 2 aliphatic rings. The van der Waals surface area contributed by atoms with Crippen LogP contribution in [0.15, 0.2) is 11.1 Å². The number of amides is 2. The third-order valence-corrected chi connectivity index (χ3v) is 6.13. The van der Waals surface area contributed by atoms with Crippen LogP contribution < -0.4 is 5.32 Å². The van der Waals surface area contributed by atoms with Crippen LogP contribution in [0.1, 0.15) is 13.3 Å². The van der Waals surface area contributed by atoms with Gasteiger partial charge in [0.1, 0.15) is 6.54 Å². The molecule has 0 saturated carbocycles. The first kappa shape index (κ1) is 17.8. The van der Waals surface area contributed by atoms with Gasteiger partial charge in [0.2, 0.25) is 11.8 Å². The van der Waals surface area contributed by atoms with Crippen molar-refractivity contribution in [2.24, 2.45) is 0 Å². The summed E-state index contributed by atoms with van der Waals surface area (Å²) in [6.45, 7) is 1.65. The molecule has 2 amide bonds. The van der Waals surface area contributed by atoms with E-state index in [1.807, 2.05) is 0 Å². The molecule has 8 nitrogen and oxygen atoms in total. The quantitative estimate of drug-likeness (QED) is 0.507. The number of carbonyl (C=O) groups is 3. The van der Waals surface area contributed by atoms with Crippen LogP contribution in [0.4, 0.5) is 0 Å². The summed E-state index contributed by atoms with van der Waals surface area (Å²) in [5, 5.41) is 2.98. The highest BCUT2D eigenvalue weighted by Crippen LogP contribution is 2.28. The fourth-order valence-electron chi connectivity index (χ4n) is 2.31. The second kappa shape index (κ2) is 7.35. The molecular weight excluding hydrogens is 344 g/mol. The largest absolute Gasteiger partial charge is 0.463 e. The molecule has 0 aromatic rings. The second-order valence-corrected chi connectivity index (χ2v) is 8.40. The molecule has 2 rings (SSSR count). The maximum atomic E-state index is 12.0. The average Bonchev–Trinajstić information content (AvgIpc) is 2.95. The van der Waals surface area contributed by atoms with Crippen molar-refractivity contribution in [1.29, 1.82) is 0 Å². The number of hydrogen-bond donors (Lipinski definition) is 1. The lowest BCUT2D eigenvalue weighted by Crippen LogP contribution is -2.42. The van der Waals surface area contributed by atoms with Gasteiger partial charge in [-0.2, -0.15) is 0 Å². The first-order chi connectivity index (χ1) is 10.8. The number of sulfone groups is 1. The molecule has 10 heteroatoms. The molecule has 2 heterocycles. The van der Waals surface area contributed by atoms with Crippen molar-refractivity contribution in [1.82, 2.24) is 10.2 Å². The molecule has 1 N–H and O–H groups in total. The topological polar surface area (TPSA) is 110 Å². The van der Waals surface area contributed by atoms with Gasteiger partial charge >= 0.3 is 5.97 Å². The molecular formula is C13H18N2O6S2. The van der Waals surface area contributed by atoms with Crippen LogP contribution in [0.3, 0.4) is 0 Å². The van der Waals surface area contributed by atoms with Crippen molar-refractivity contribution in [3.8, 4) is 0 Å². The molecule has 0 aliphatic carbocycles. The summed E-state index contributed by atoms with van der Waals surface area (Å²) in [6, 6.07) is -0.421. The lowest BCUT2D eigenvalue weighted by Gasteiger charge is -2.18. The number of ether oxygens (including phenoxy) is 1. The Hall–Kier alpha value is -1.55. The third-order valence-electron chi connectivity index (χ3n) is 3.34. The maximum Gasteiger partial charge on any atom is 0.333 e. The Morgan fingerprint density at radius 2 is 2.22 bits per heavy atom. The van der Waals surface area contributed by atoms with Crippen molar-refractivity contribution in [2.75, 3.05) is 30.4 Å². The summed E-state index contributed by atoms with van der Waals surface area (Å²) in [7, 11) is -3.08. The van der Waals surface area contributed by atoms with Gasteiger partial charge in [0.15, 0.2) is 9.84 Å². The van der Waals surface area contributed by atoms with E-state index in [1.165, 1.54) is 11.0 Å². The van der Waals surface area contributed by atoms with Crippen molar-refractivity contribution in [3.05, 3.63) is 11.1 Å². The van der Waals surface area contributed by atoms with Gasteiger partial charge < -0.3 is 10.1 Å². The van der Waals surface area contributed by atoms with E-state index in [2.05, 4.69) is 5.32 Å². The van der Waals surface area contributed by atoms with E-state index < -0.39 is 27.8 Å². The fraction of sp³-hybridized carbons (Fsp3) is 0.615. The van der Waals surface area contributed by atoms with Crippen molar-refractivity contribution < 1.29 is 27.5 Å². The minimum Gasteiger partial charge on any atom is -0.463 e. The maximum absolute atomic E-state index is 12.0. The lowest BCUT2D eigenvalue weighted by atomic mass is 10.2. The Morgan fingerprint density at radius 3 is 2.83 bits per heavy atom. The summed E-state index contributed by atoms with van der Waals surface area (Å²) in [6.07, 6.45) is 1.56. The van der Waals surface area contributed by atoms with E-state index in [-0.39, 0.29) is 36.3 Å². The molecule has 0 aromatic heterocycles. The highest BCUT2D eigenvalue weighted by Gasteiger charge is 2.32. The number of rotatable bonds is 5. The number of nitrogens with one attached hydrogen (secondary N) is 1. The molecule has 2 aliphatic heterocycles. The van der Waals surface area contributed by atoms with E-state index in [9.17, 15) is 22.8 Å². The highest BCUT2D eigenvalue weighted by molar-refractivity contribution is 8.04. The summed E-state index contributed by atoms with van der Waals surface area (Å²) < 4.78 is 27.5. The van der Waals surface area contributed by atoms with Crippen LogP contribution in [-0.2, 0) is 29.0 Å². The fourth-order valence-corrected chi connectivity index (χ4v) is 4.91. The summed E-state index contributed by atoms with van der Waals surface area (Å²) >= 11 is 1.16. The molecule has 128 valence electrons. The van der Waals surface area contributed by atoms with Crippen LogP contribution >= 0.6 is 11.8 Å². The van der Waals surface area contributed by atoms with E-state index in [1.54, 1.807) is 6.92 Å². The summed E-state index contributed by atoms with van der Waals surface area (Å²) in [5.41, 5.74) is 0. The van der Waals surface area contributed by atoms with Crippen LogP contribution in [0.5, 0.6) is 0 Å². The molecule has 0 bridgehead atoms. The smallest absolute Gasteiger partial charge is 0.333 e. The average molecular weight is 362 g/mol. The van der Waals surface area contributed by atoms with Gasteiger partial charge in [0.05, 0.1) is 35.0 Å². The molecule has 0 radical (unpaired) electrons. The van der Waals surface area contributed by atoms with E-state index in [4.69, 9.17) is 4.74 Å². The number of thioether (sulfide) groups is 1. The Labute approximate surface area is 138 Å². The van der Waals surface area contributed by atoms with Crippen LogP contribution in [0.2, 0.25) is 0 Å². The van der Waals surface area contributed by atoms with E-state index in [0.717, 1.165) is 11.8 Å². The van der Waals surface area contributed by atoms with Crippen LogP contribution in [0, 0.1) is 0 Å². The van der Waals surface area contributed by atoms with Crippen LogP contribution in [0.25, 0.3) is 0 Å². The number of carbonyl (C=O) groups excluding carboxylic acids is 3. The van der Waals surface area contributed by atoms with E-state index >= 15 is 0 Å². The highest BCUT2D eigenvalue weighted by atomic mass is 32.2. The van der Waals surface area contributed by atoms with E-state index in [0.29, 0.717) is 11.4 Å². The van der Waals surface area contributed by atoms with Gasteiger partial charge in [0, 0.05) is 6.04 Å². The molecule has 1 unspecified atom stereocenters.